The molecular formula is C26H33FN4O3S. The van der Waals surface area contributed by atoms with E-state index < -0.39 is 6.04 Å². The summed E-state index contributed by atoms with van der Waals surface area (Å²) < 4.78 is 18.2. The number of rotatable bonds is 9. The predicted molar refractivity (Wildman–Crippen MR) is 139 cm³/mol. The number of hydrogen-bond donors (Lipinski definition) is 3. The number of amides is 2. The molecule has 1 aliphatic heterocycles. The molecule has 1 fully saturated rings. The third-order valence-electron chi connectivity index (χ3n) is 6.18. The van der Waals surface area contributed by atoms with Gasteiger partial charge in [-0.15, -0.1) is 0 Å². The molecule has 0 spiro atoms. The lowest BCUT2D eigenvalue weighted by atomic mass is 9.88. The van der Waals surface area contributed by atoms with Gasteiger partial charge in [-0.05, 0) is 80.2 Å². The Morgan fingerprint density at radius 3 is 2.49 bits per heavy atom. The van der Waals surface area contributed by atoms with E-state index in [9.17, 15) is 14.0 Å². The van der Waals surface area contributed by atoms with Crippen molar-refractivity contribution in [3.05, 3.63) is 65.5 Å². The van der Waals surface area contributed by atoms with E-state index in [0.29, 0.717) is 56.2 Å². The van der Waals surface area contributed by atoms with Crippen LogP contribution in [0.4, 0.5) is 10.1 Å². The molecule has 3 N–H and O–H groups in total. The van der Waals surface area contributed by atoms with Crippen LogP contribution in [0.1, 0.15) is 35.2 Å². The fourth-order valence-corrected chi connectivity index (χ4v) is 4.45. The first-order valence-electron chi connectivity index (χ1n) is 11.8. The summed E-state index contributed by atoms with van der Waals surface area (Å²) in [5.41, 5.74) is 2.14. The van der Waals surface area contributed by atoms with Gasteiger partial charge in [0, 0.05) is 44.6 Å². The normalized spacial score (nSPS) is 14.8. The Hall–Kier alpha value is -3.04. The van der Waals surface area contributed by atoms with Crippen LogP contribution >= 0.6 is 12.2 Å². The number of ether oxygens (including phenoxy) is 1. The summed E-state index contributed by atoms with van der Waals surface area (Å²) in [6.07, 6.45) is 2.08. The molecule has 0 radical (unpaired) electrons. The highest BCUT2D eigenvalue weighted by Crippen LogP contribution is 2.23. The van der Waals surface area contributed by atoms with Gasteiger partial charge in [0.2, 0.25) is 5.91 Å². The summed E-state index contributed by atoms with van der Waals surface area (Å²) in [6.45, 7) is 4.20. The van der Waals surface area contributed by atoms with E-state index in [0.717, 1.165) is 11.3 Å². The number of thiocarbonyl (C=S) groups is 1. The van der Waals surface area contributed by atoms with Crippen molar-refractivity contribution >= 4 is 34.8 Å². The Morgan fingerprint density at radius 1 is 1.14 bits per heavy atom. The number of nitrogens with zero attached hydrogens (tertiary/aromatic N) is 1. The molecule has 35 heavy (non-hydrogen) atoms. The quantitative estimate of drug-likeness (QED) is 0.361. The van der Waals surface area contributed by atoms with Crippen LogP contribution in [0.3, 0.4) is 0 Å². The third kappa shape index (κ3) is 7.73. The zero-order chi connectivity index (χ0) is 25.2. The summed E-state index contributed by atoms with van der Waals surface area (Å²) >= 11 is 5.54. The minimum absolute atomic E-state index is 0.0322. The molecule has 0 aromatic heterocycles. The van der Waals surface area contributed by atoms with Crippen molar-refractivity contribution < 1.29 is 18.7 Å². The van der Waals surface area contributed by atoms with Crippen LogP contribution in [0, 0.1) is 18.7 Å². The van der Waals surface area contributed by atoms with Crippen molar-refractivity contribution in [3.63, 3.8) is 0 Å². The van der Waals surface area contributed by atoms with Crippen molar-refractivity contribution in [1.82, 2.24) is 15.5 Å². The summed E-state index contributed by atoms with van der Waals surface area (Å²) in [4.78, 5) is 28.1. The highest BCUT2D eigenvalue weighted by Gasteiger charge is 2.33. The number of methoxy groups -OCH3 is 1. The van der Waals surface area contributed by atoms with Gasteiger partial charge in [0.15, 0.2) is 5.11 Å². The van der Waals surface area contributed by atoms with Crippen LogP contribution in [0.15, 0.2) is 48.5 Å². The van der Waals surface area contributed by atoms with Crippen LogP contribution in [-0.4, -0.2) is 61.2 Å². The van der Waals surface area contributed by atoms with Gasteiger partial charge in [-0.3, -0.25) is 9.59 Å². The highest BCUT2D eigenvalue weighted by molar-refractivity contribution is 7.80. The second-order valence-electron chi connectivity index (χ2n) is 8.66. The van der Waals surface area contributed by atoms with Gasteiger partial charge in [0.1, 0.15) is 11.9 Å². The van der Waals surface area contributed by atoms with E-state index in [4.69, 9.17) is 17.0 Å². The Balaban J connectivity index is 1.63. The number of likely N-dealkylation sites (tertiary alicyclic amines) is 1. The van der Waals surface area contributed by atoms with Crippen LogP contribution in [-0.2, 0) is 9.53 Å². The van der Waals surface area contributed by atoms with E-state index >= 15 is 0 Å². The summed E-state index contributed by atoms with van der Waals surface area (Å²) in [6, 6.07) is 12.7. The Kier molecular flexibility index (Phi) is 9.98. The van der Waals surface area contributed by atoms with E-state index in [-0.39, 0.29) is 23.5 Å². The molecule has 1 saturated heterocycles. The zero-order valence-corrected chi connectivity index (χ0v) is 21.0. The Labute approximate surface area is 211 Å². The average Bonchev–Trinajstić information content (AvgIpc) is 2.86. The zero-order valence-electron chi connectivity index (χ0n) is 20.2. The van der Waals surface area contributed by atoms with Gasteiger partial charge < -0.3 is 25.6 Å². The molecule has 0 aliphatic carbocycles. The first-order chi connectivity index (χ1) is 16.9. The number of carbonyl (C=O) groups excluding carboxylic acids is 2. The molecule has 0 unspecified atom stereocenters. The SMILES string of the molecule is COCCCNC(=O)[C@H](NC(=O)c1ccccc1C)C1CCN(C(=S)Nc2ccc(F)cc2)CC1. The van der Waals surface area contributed by atoms with Crippen LogP contribution in [0.25, 0.3) is 0 Å². The number of halogens is 1. The number of piperidine rings is 1. The summed E-state index contributed by atoms with van der Waals surface area (Å²) in [5, 5.41) is 9.62. The van der Waals surface area contributed by atoms with E-state index in [1.54, 1.807) is 25.3 Å². The first-order valence-corrected chi connectivity index (χ1v) is 12.2. The maximum Gasteiger partial charge on any atom is 0.252 e. The Bertz CT molecular complexity index is 1010. The summed E-state index contributed by atoms with van der Waals surface area (Å²) in [7, 11) is 1.62. The molecule has 7 nitrogen and oxygen atoms in total. The van der Waals surface area contributed by atoms with Gasteiger partial charge >= 0.3 is 0 Å². The van der Waals surface area contributed by atoms with Crippen LogP contribution < -0.4 is 16.0 Å². The number of carbonyl (C=O) groups is 2. The molecular weight excluding hydrogens is 467 g/mol. The highest BCUT2D eigenvalue weighted by atomic mass is 32.1. The molecule has 2 aromatic rings. The van der Waals surface area contributed by atoms with Gasteiger partial charge in [-0.25, -0.2) is 4.39 Å². The number of benzene rings is 2. The second kappa shape index (κ2) is 13.2. The third-order valence-corrected chi connectivity index (χ3v) is 6.54. The minimum atomic E-state index is -0.648. The standard InChI is InChI=1S/C26H33FN4O3S/c1-18-6-3-4-7-22(18)24(32)30-23(25(33)28-14-5-17-34-2)19-12-15-31(16-13-19)26(35)29-21-10-8-20(27)9-11-21/h3-4,6-11,19,23H,5,12-17H2,1-2H3,(H,28,33)(H,29,35)(H,30,32)/t23-/m1/s1. The Morgan fingerprint density at radius 2 is 1.83 bits per heavy atom. The second-order valence-corrected chi connectivity index (χ2v) is 9.05. The van der Waals surface area contributed by atoms with Gasteiger partial charge in [-0.2, -0.15) is 0 Å². The fourth-order valence-electron chi connectivity index (χ4n) is 4.15. The molecule has 1 heterocycles. The van der Waals surface area contributed by atoms with Crippen molar-refractivity contribution in [3.8, 4) is 0 Å². The average molecular weight is 501 g/mol. The number of aryl methyl sites for hydroxylation is 1. The lowest BCUT2D eigenvalue weighted by molar-refractivity contribution is -0.124. The molecule has 1 aliphatic rings. The molecule has 188 valence electrons. The molecule has 2 aromatic carbocycles. The smallest absolute Gasteiger partial charge is 0.252 e. The van der Waals surface area contributed by atoms with Crippen molar-refractivity contribution in [2.24, 2.45) is 5.92 Å². The molecule has 2 amide bonds. The molecule has 1 atom stereocenters. The first kappa shape index (κ1) is 26.6. The number of nitrogens with one attached hydrogen (secondary N) is 3. The molecule has 3 rings (SSSR count). The van der Waals surface area contributed by atoms with Gasteiger partial charge in [0.05, 0.1) is 0 Å². The van der Waals surface area contributed by atoms with Crippen LogP contribution in [0.2, 0.25) is 0 Å². The monoisotopic (exact) mass is 500 g/mol. The predicted octanol–water partition coefficient (Wildman–Crippen LogP) is 3.49. The minimum Gasteiger partial charge on any atom is -0.385 e. The van der Waals surface area contributed by atoms with Crippen molar-refractivity contribution in [2.75, 3.05) is 38.7 Å². The van der Waals surface area contributed by atoms with E-state index in [2.05, 4.69) is 16.0 Å². The molecule has 0 saturated carbocycles. The number of hydrogen-bond acceptors (Lipinski definition) is 4. The topological polar surface area (TPSA) is 82.7 Å². The van der Waals surface area contributed by atoms with Gasteiger partial charge in [-0.1, -0.05) is 18.2 Å². The van der Waals surface area contributed by atoms with E-state index in [1.807, 2.05) is 30.0 Å². The van der Waals surface area contributed by atoms with Gasteiger partial charge in [0.25, 0.3) is 5.91 Å². The number of anilines is 1. The lowest BCUT2D eigenvalue weighted by Gasteiger charge is -2.37. The van der Waals surface area contributed by atoms with Crippen molar-refractivity contribution in [1.29, 1.82) is 0 Å². The maximum atomic E-state index is 13.2. The fraction of sp³-hybridized carbons (Fsp3) is 0.423. The molecule has 0 bridgehead atoms. The summed E-state index contributed by atoms with van der Waals surface area (Å²) in [5.74, 6) is -0.776. The van der Waals surface area contributed by atoms with Crippen molar-refractivity contribution in [2.45, 2.75) is 32.2 Å². The maximum absolute atomic E-state index is 13.2. The lowest BCUT2D eigenvalue weighted by Crippen LogP contribution is -2.54. The van der Waals surface area contributed by atoms with Crippen LogP contribution in [0.5, 0.6) is 0 Å². The van der Waals surface area contributed by atoms with E-state index in [1.165, 1.54) is 12.1 Å². The molecule has 9 heteroatoms. The largest absolute Gasteiger partial charge is 0.385 e.